The largest absolute Gasteiger partial charge is 0.369 e. The molecule has 0 aromatic heterocycles. The summed E-state index contributed by atoms with van der Waals surface area (Å²) in [5.74, 6) is -0.114. The maximum Gasteiger partial charge on any atom is 0.126 e. The van der Waals surface area contributed by atoms with E-state index in [0.29, 0.717) is 6.04 Å². The van der Waals surface area contributed by atoms with Gasteiger partial charge in [0, 0.05) is 18.3 Å². The van der Waals surface area contributed by atoms with Crippen LogP contribution in [0.3, 0.4) is 0 Å². The molecule has 2 heteroatoms. The smallest absolute Gasteiger partial charge is 0.126 e. The zero-order valence-electron chi connectivity index (χ0n) is 12.2. The molecule has 0 saturated carbocycles. The SMILES string of the molecule is CCCC(CCC)N(CC)c1ccc(F)c(C)c1. The molecule has 102 valence electrons. The molecule has 0 saturated heterocycles. The molecule has 1 aromatic carbocycles. The van der Waals surface area contributed by atoms with E-state index in [9.17, 15) is 4.39 Å². The second-order valence-electron chi connectivity index (χ2n) is 4.95. The summed E-state index contributed by atoms with van der Waals surface area (Å²) in [6.45, 7) is 9.45. The van der Waals surface area contributed by atoms with Gasteiger partial charge in [-0.3, -0.25) is 0 Å². The van der Waals surface area contributed by atoms with Gasteiger partial charge >= 0.3 is 0 Å². The summed E-state index contributed by atoms with van der Waals surface area (Å²) in [6.07, 6.45) is 4.80. The summed E-state index contributed by atoms with van der Waals surface area (Å²) < 4.78 is 13.3. The fourth-order valence-corrected chi connectivity index (χ4v) is 2.58. The van der Waals surface area contributed by atoms with Gasteiger partial charge in [0.25, 0.3) is 0 Å². The fourth-order valence-electron chi connectivity index (χ4n) is 2.58. The molecular formula is C16H26FN. The van der Waals surface area contributed by atoms with E-state index < -0.39 is 0 Å². The van der Waals surface area contributed by atoms with Gasteiger partial charge in [0.15, 0.2) is 0 Å². The molecule has 0 aliphatic rings. The van der Waals surface area contributed by atoms with Crippen LogP contribution >= 0.6 is 0 Å². The van der Waals surface area contributed by atoms with Gasteiger partial charge in [-0.1, -0.05) is 26.7 Å². The van der Waals surface area contributed by atoms with Crippen molar-refractivity contribution in [2.75, 3.05) is 11.4 Å². The molecule has 1 nitrogen and oxygen atoms in total. The van der Waals surface area contributed by atoms with E-state index >= 15 is 0 Å². The first kappa shape index (κ1) is 15.0. The lowest BCUT2D eigenvalue weighted by Crippen LogP contribution is -2.35. The Morgan fingerprint density at radius 1 is 1.11 bits per heavy atom. The minimum Gasteiger partial charge on any atom is -0.369 e. The van der Waals surface area contributed by atoms with Gasteiger partial charge in [0.1, 0.15) is 5.82 Å². The minimum atomic E-state index is -0.114. The van der Waals surface area contributed by atoms with Gasteiger partial charge in [0.2, 0.25) is 0 Å². The number of anilines is 1. The maximum absolute atomic E-state index is 13.3. The summed E-state index contributed by atoms with van der Waals surface area (Å²) in [4.78, 5) is 2.42. The van der Waals surface area contributed by atoms with Crippen LogP contribution in [0.25, 0.3) is 0 Å². The Balaban J connectivity index is 2.94. The van der Waals surface area contributed by atoms with Crippen molar-refractivity contribution in [3.05, 3.63) is 29.6 Å². The summed E-state index contributed by atoms with van der Waals surface area (Å²) in [5, 5.41) is 0. The average molecular weight is 251 g/mol. The number of hydrogen-bond donors (Lipinski definition) is 0. The highest BCUT2D eigenvalue weighted by Gasteiger charge is 2.16. The van der Waals surface area contributed by atoms with E-state index in [0.717, 1.165) is 17.8 Å². The molecule has 0 spiro atoms. The van der Waals surface area contributed by atoms with Crippen molar-refractivity contribution in [1.82, 2.24) is 0 Å². The van der Waals surface area contributed by atoms with Crippen LogP contribution in [0.4, 0.5) is 10.1 Å². The molecular weight excluding hydrogens is 225 g/mol. The first-order chi connectivity index (χ1) is 8.63. The Hall–Kier alpha value is -1.05. The monoisotopic (exact) mass is 251 g/mol. The predicted molar refractivity (Wildman–Crippen MR) is 77.8 cm³/mol. The number of halogens is 1. The highest BCUT2D eigenvalue weighted by atomic mass is 19.1. The third kappa shape index (κ3) is 3.72. The lowest BCUT2D eigenvalue weighted by Gasteiger charge is -2.33. The predicted octanol–water partition coefficient (Wildman–Crippen LogP) is 4.93. The van der Waals surface area contributed by atoms with Gasteiger partial charge in [0.05, 0.1) is 0 Å². The normalized spacial score (nSPS) is 11.0. The Kier molecular flexibility index (Phi) is 6.17. The number of aryl methyl sites for hydroxylation is 1. The van der Waals surface area contributed by atoms with Crippen molar-refractivity contribution in [2.45, 2.75) is 59.4 Å². The number of benzene rings is 1. The Morgan fingerprint density at radius 2 is 1.72 bits per heavy atom. The molecule has 0 bridgehead atoms. The molecule has 0 heterocycles. The number of nitrogens with zero attached hydrogens (tertiary/aromatic N) is 1. The molecule has 18 heavy (non-hydrogen) atoms. The average Bonchev–Trinajstić information content (AvgIpc) is 2.35. The van der Waals surface area contributed by atoms with Crippen molar-refractivity contribution in [1.29, 1.82) is 0 Å². The van der Waals surface area contributed by atoms with E-state index in [1.807, 2.05) is 19.1 Å². The molecule has 0 N–H and O–H groups in total. The van der Waals surface area contributed by atoms with Crippen LogP contribution < -0.4 is 4.90 Å². The highest BCUT2D eigenvalue weighted by Crippen LogP contribution is 2.24. The van der Waals surface area contributed by atoms with Crippen LogP contribution in [0.15, 0.2) is 18.2 Å². The van der Waals surface area contributed by atoms with Crippen LogP contribution in [0.1, 0.15) is 52.0 Å². The van der Waals surface area contributed by atoms with Gasteiger partial charge in [-0.05, 0) is 50.5 Å². The summed E-state index contributed by atoms with van der Waals surface area (Å²) in [6, 6.07) is 6.04. The maximum atomic E-state index is 13.3. The van der Waals surface area contributed by atoms with Crippen molar-refractivity contribution < 1.29 is 4.39 Å². The molecule has 0 fully saturated rings. The van der Waals surface area contributed by atoms with Crippen molar-refractivity contribution in [3.8, 4) is 0 Å². The van der Waals surface area contributed by atoms with Crippen LogP contribution in [0.5, 0.6) is 0 Å². The highest BCUT2D eigenvalue weighted by molar-refractivity contribution is 5.49. The molecule has 0 amide bonds. The quantitative estimate of drug-likeness (QED) is 0.664. The zero-order valence-corrected chi connectivity index (χ0v) is 12.2. The lowest BCUT2D eigenvalue weighted by molar-refractivity contribution is 0.510. The van der Waals surface area contributed by atoms with Crippen LogP contribution in [-0.2, 0) is 0 Å². The Morgan fingerprint density at radius 3 is 2.17 bits per heavy atom. The van der Waals surface area contributed by atoms with Crippen LogP contribution in [-0.4, -0.2) is 12.6 Å². The van der Waals surface area contributed by atoms with Crippen molar-refractivity contribution in [3.63, 3.8) is 0 Å². The third-order valence-electron chi connectivity index (χ3n) is 3.50. The lowest BCUT2D eigenvalue weighted by atomic mass is 10.0. The van der Waals surface area contributed by atoms with E-state index in [1.54, 1.807) is 6.07 Å². The van der Waals surface area contributed by atoms with E-state index in [4.69, 9.17) is 0 Å². The van der Waals surface area contributed by atoms with E-state index in [1.165, 1.54) is 25.7 Å². The standard InChI is InChI=1S/C16H26FN/c1-5-8-14(9-6-2)18(7-3)15-10-11-16(17)13(4)12-15/h10-12,14H,5-9H2,1-4H3. The van der Waals surface area contributed by atoms with E-state index in [2.05, 4.69) is 25.7 Å². The summed E-state index contributed by atoms with van der Waals surface area (Å²) >= 11 is 0. The number of hydrogen-bond acceptors (Lipinski definition) is 1. The van der Waals surface area contributed by atoms with Gasteiger partial charge in [-0.25, -0.2) is 4.39 Å². The van der Waals surface area contributed by atoms with E-state index in [-0.39, 0.29) is 5.82 Å². The van der Waals surface area contributed by atoms with Crippen LogP contribution in [0.2, 0.25) is 0 Å². The molecule has 0 radical (unpaired) electrons. The molecule has 1 aromatic rings. The summed E-state index contributed by atoms with van der Waals surface area (Å²) in [5.41, 5.74) is 1.89. The number of rotatable bonds is 7. The first-order valence-electron chi connectivity index (χ1n) is 7.16. The molecule has 0 aliphatic heterocycles. The van der Waals surface area contributed by atoms with Crippen molar-refractivity contribution >= 4 is 5.69 Å². The third-order valence-corrected chi connectivity index (χ3v) is 3.50. The molecule has 0 aliphatic carbocycles. The Bertz CT molecular complexity index is 356. The van der Waals surface area contributed by atoms with Crippen molar-refractivity contribution in [2.24, 2.45) is 0 Å². The summed E-state index contributed by atoms with van der Waals surface area (Å²) in [7, 11) is 0. The van der Waals surface area contributed by atoms with Gasteiger partial charge < -0.3 is 4.90 Å². The first-order valence-corrected chi connectivity index (χ1v) is 7.16. The fraction of sp³-hybridized carbons (Fsp3) is 0.625. The second kappa shape index (κ2) is 7.40. The second-order valence-corrected chi connectivity index (χ2v) is 4.95. The molecule has 0 unspecified atom stereocenters. The van der Waals surface area contributed by atoms with Gasteiger partial charge in [-0.2, -0.15) is 0 Å². The molecule has 1 rings (SSSR count). The topological polar surface area (TPSA) is 3.24 Å². The molecule has 0 atom stereocenters. The Labute approximate surface area is 111 Å². The van der Waals surface area contributed by atoms with Gasteiger partial charge in [-0.15, -0.1) is 0 Å². The van der Waals surface area contributed by atoms with Crippen LogP contribution in [0, 0.1) is 12.7 Å². The minimum absolute atomic E-state index is 0.114. The zero-order chi connectivity index (χ0) is 13.5.